The summed E-state index contributed by atoms with van der Waals surface area (Å²) in [5.74, 6) is 0.660. The highest BCUT2D eigenvalue weighted by atomic mass is 32.1. The molecule has 0 atom stereocenters. The Hall–Kier alpha value is -1.16. The second-order valence-electron chi connectivity index (χ2n) is 5.19. The summed E-state index contributed by atoms with van der Waals surface area (Å²) >= 11 is 5.12. The lowest BCUT2D eigenvalue weighted by Crippen LogP contribution is -2.27. The van der Waals surface area contributed by atoms with Gasteiger partial charge in [0.05, 0.1) is 5.56 Å². The lowest BCUT2D eigenvalue weighted by atomic mass is 9.94. The number of hydrogen-bond acceptors (Lipinski definition) is 3. The molecule has 0 bridgehead atoms. The topological polar surface area (TPSA) is 48.1 Å². The van der Waals surface area contributed by atoms with Crippen LogP contribution in [0, 0.1) is 0 Å². The number of ether oxygens (including phenoxy) is 1. The number of pyridine rings is 1. The number of aromatic nitrogens is 1. The monoisotopic (exact) mass is 262 g/mol. The SMILES string of the molecule is NC(=S)c1cc2c(nc1OC1CCC1)CCCC2. The molecule has 1 saturated carbocycles. The maximum atomic E-state index is 5.93. The fourth-order valence-corrected chi connectivity index (χ4v) is 2.67. The molecule has 0 radical (unpaired) electrons. The molecule has 0 amide bonds. The van der Waals surface area contributed by atoms with Gasteiger partial charge in [-0.15, -0.1) is 0 Å². The maximum Gasteiger partial charge on any atom is 0.224 e. The van der Waals surface area contributed by atoms with E-state index in [2.05, 4.69) is 11.1 Å². The van der Waals surface area contributed by atoms with E-state index < -0.39 is 0 Å². The lowest BCUT2D eigenvalue weighted by molar-refractivity contribution is 0.114. The van der Waals surface area contributed by atoms with Crippen molar-refractivity contribution >= 4 is 17.2 Å². The minimum atomic E-state index is 0.312. The molecule has 0 aliphatic heterocycles. The van der Waals surface area contributed by atoms with Crippen molar-refractivity contribution in [2.75, 3.05) is 0 Å². The van der Waals surface area contributed by atoms with Crippen molar-refractivity contribution in [2.24, 2.45) is 5.73 Å². The van der Waals surface area contributed by atoms with Gasteiger partial charge in [-0.2, -0.15) is 0 Å². The van der Waals surface area contributed by atoms with E-state index in [4.69, 9.17) is 22.7 Å². The molecule has 0 unspecified atom stereocenters. The predicted molar refractivity (Wildman–Crippen MR) is 75.0 cm³/mol. The number of rotatable bonds is 3. The highest BCUT2D eigenvalue weighted by molar-refractivity contribution is 7.80. The summed E-state index contributed by atoms with van der Waals surface area (Å²) < 4.78 is 5.93. The first-order valence-corrected chi connectivity index (χ1v) is 7.14. The molecule has 4 heteroatoms. The Labute approximate surface area is 113 Å². The number of aryl methyl sites for hydroxylation is 2. The third kappa shape index (κ3) is 2.21. The summed E-state index contributed by atoms with van der Waals surface area (Å²) in [5.41, 5.74) is 9.08. The van der Waals surface area contributed by atoms with Gasteiger partial charge in [-0.1, -0.05) is 12.2 Å². The molecule has 2 aliphatic rings. The third-order valence-electron chi connectivity index (χ3n) is 3.86. The highest BCUT2D eigenvalue weighted by Gasteiger charge is 2.23. The van der Waals surface area contributed by atoms with E-state index in [-0.39, 0.29) is 0 Å². The van der Waals surface area contributed by atoms with Gasteiger partial charge >= 0.3 is 0 Å². The van der Waals surface area contributed by atoms with Crippen molar-refractivity contribution in [2.45, 2.75) is 51.0 Å². The quantitative estimate of drug-likeness (QED) is 0.850. The van der Waals surface area contributed by atoms with Gasteiger partial charge < -0.3 is 10.5 Å². The smallest absolute Gasteiger partial charge is 0.224 e. The van der Waals surface area contributed by atoms with Gasteiger partial charge in [0, 0.05) is 5.69 Å². The van der Waals surface area contributed by atoms with Crippen molar-refractivity contribution < 1.29 is 4.74 Å². The average molecular weight is 262 g/mol. The summed E-state index contributed by atoms with van der Waals surface area (Å²) in [6, 6.07) is 2.10. The van der Waals surface area contributed by atoms with Gasteiger partial charge in [-0.3, -0.25) is 0 Å². The fraction of sp³-hybridized carbons (Fsp3) is 0.571. The van der Waals surface area contributed by atoms with E-state index in [1.165, 1.54) is 30.5 Å². The van der Waals surface area contributed by atoms with Gasteiger partial charge in [0.2, 0.25) is 5.88 Å². The zero-order chi connectivity index (χ0) is 12.5. The van der Waals surface area contributed by atoms with E-state index in [0.29, 0.717) is 17.0 Å². The van der Waals surface area contributed by atoms with Crippen LogP contribution in [0.2, 0.25) is 0 Å². The Kier molecular flexibility index (Phi) is 3.20. The van der Waals surface area contributed by atoms with Crippen LogP contribution < -0.4 is 10.5 Å². The molecule has 1 aromatic rings. The number of hydrogen-bond donors (Lipinski definition) is 1. The van der Waals surface area contributed by atoms with Crippen LogP contribution in [0.5, 0.6) is 5.88 Å². The largest absolute Gasteiger partial charge is 0.474 e. The molecule has 0 aromatic carbocycles. The van der Waals surface area contributed by atoms with Gasteiger partial charge in [0.1, 0.15) is 11.1 Å². The molecule has 3 nitrogen and oxygen atoms in total. The molecule has 1 fully saturated rings. The van der Waals surface area contributed by atoms with Crippen molar-refractivity contribution in [3.8, 4) is 5.88 Å². The van der Waals surface area contributed by atoms with Crippen LogP contribution >= 0.6 is 12.2 Å². The Bertz CT molecular complexity index is 483. The van der Waals surface area contributed by atoms with E-state index in [1.54, 1.807) is 0 Å². The Morgan fingerprint density at radius 3 is 2.72 bits per heavy atom. The molecule has 18 heavy (non-hydrogen) atoms. The number of nitrogens with two attached hydrogens (primary N) is 1. The van der Waals surface area contributed by atoms with Crippen LogP contribution in [0.25, 0.3) is 0 Å². The van der Waals surface area contributed by atoms with E-state index >= 15 is 0 Å². The predicted octanol–water partition coefficient (Wildman–Crippen LogP) is 2.53. The summed E-state index contributed by atoms with van der Waals surface area (Å²) in [5, 5.41) is 0. The Balaban J connectivity index is 1.95. The molecule has 0 saturated heterocycles. The van der Waals surface area contributed by atoms with Crippen LogP contribution in [-0.4, -0.2) is 16.1 Å². The molecular formula is C14H18N2OS. The maximum absolute atomic E-state index is 5.93. The summed E-state index contributed by atoms with van der Waals surface area (Å²) in [4.78, 5) is 5.06. The normalized spacial score (nSPS) is 18.9. The van der Waals surface area contributed by atoms with E-state index in [9.17, 15) is 0 Å². The standard InChI is InChI=1S/C14H18N2OS/c15-13(18)11-8-9-4-1-2-7-12(9)16-14(11)17-10-5-3-6-10/h8,10H,1-7H2,(H2,15,18). The second-order valence-corrected chi connectivity index (χ2v) is 5.63. The minimum absolute atomic E-state index is 0.312. The summed E-state index contributed by atoms with van der Waals surface area (Å²) in [6.45, 7) is 0. The average Bonchev–Trinajstić information content (AvgIpc) is 2.32. The summed E-state index contributed by atoms with van der Waals surface area (Å²) in [6.07, 6.45) is 8.38. The number of nitrogens with zero attached hydrogens (tertiary/aromatic N) is 1. The molecule has 0 spiro atoms. The first kappa shape index (κ1) is 11.9. The molecule has 1 heterocycles. The Morgan fingerprint density at radius 2 is 2.06 bits per heavy atom. The van der Waals surface area contributed by atoms with Crippen LogP contribution in [0.15, 0.2) is 6.07 Å². The van der Waals surface area contributed by atoms with Crippen molar-refractivity contribution in [3.63, 3.8) is 0 Å². The Morgan fingerprint density at radius 1 is 1.28 bits per heavy atom. The molecule has 2 aliphatic carbocycles. The van der Waals surface area contributed by atoms with Gasteiger partial charge in [-0.25, -0.2) is 4.98 Å². The van der Waals surface area contributed by atoms with Gasteiger partial charge in [0.25, 0.3) is 0 Å². The summed E-state index contributed by atoms with van der Waals surface area (Å²) in [7, 11) is 0. The molecule has 1 aromatic heterocycles. The van der Waals surface area contributed by atoms with Crippen molar-refractivity contribution in [1.29, 1.82) is 0 Å². The minimum Gasteiger partial charge on any atom is -0.474 e. The zero-order valence-corrected chi connectivity index (χ0v) is 11.3. The van der Waals surface area contributed by atoms with Gasteiger partial charge in [0.15, 0.2) is 0 Å². The van der Waals surface area contributed by atoms with E-state index in [0.717, 1.165) is 31.2 Å². The van der Waals surface area contributed by atoms with Crippen LogP contribution in [-0.2, 0) is 12.8 Å². The first-order chi connectivity index (χ1) is 8.74. The van der Waals surface area contributed by atoms with Crippen molar-refractivity contribution in [3.05, 3.63) is 22.9 Å². The second kappa shape index (κ2) is 4.84. The number of fused-ring (bicyclic) bond motifs is 1. The first-order valence-electron chi connectivity index (χ1n) is 6.73. The molecule has 96 valence electrons. The van der Waals surface area contributed by atoms with Crippen LogP contribution in [0.1, 0.15) is 48.9 Å². The fourth-order valence-electron chi connectivity index (χ4n) is 2.53. The molecule has 2 N–H and O–H groups in total. The van der Waals surface area contributed by atoms with Crippen molar-refractivity contribution in [1.82, 2.24) is 4.98 Å². The lowest BCUT2D eigenvalue weighted by Gasteiger charge is -2.27. The molecular weight excluding hydrogens is 244 g/mol. The van der Waals surface area contributed by atoms with E-state index in [1.807, 2.05) is 0 Å². The molecule has 3 rings (SSSR count). The third-order valence-corrected chi connectivity index (χ3v) is 4.08. The van der Waals surface area contributed by atoms with Crippen LogP contribution in [0.4, 0.5) is 0 Å². The highest BCUT2D eigenvalue weighted by Crippen LogP contribution is 2.30. The number of thiocarbonyl (C=S) groups is 1. The van der Waals surface area contributed by atoms with Gasteiger partial charge in [-0.05, 0) is 56.6 Å². The van der Waals surface area contributed by atoms with Crippen LogP contribution in [0.3, 0.4) is 0 Å². The zero-order valence-electron chi connectivity index (χ0n) is 10.4.